The average Bonchev–Trinajstić information content (AvgIpc) is 3.21. The van der Waals surface area contributed by atoms with E-state index in [0.717, 1.165) is 60.4 Å². The van der Waals surface area contributed by atoms with Crippen molar-refractivity contribution in [2.24, 2.45) is 0 Å². The summed E-state index contributed by atoms with van der Waals surface area (Å²) in [5.41, 5.74) is 0.888. The summed E-state index contributed by atoms with van der Waals surface area (Å²) in [4.78, 5) is 18.7. The Kier molecular flexibility index (Phi) is 8.95. The number of hydrogen-bond acceptors (Lipinski definition) is 9. The molecule has 0 bridgehead atoms. The number of aryl methyl sites for hydroxylation is 2. The minimum atomic E-state index is -4.53. The average molecular weight is 537 g/mol. The third-order valence-electron chi connectivity index (χ3n) is 6.16. The number of aromatic nitrogens is 3. The van der Waals surface area contributed by atoms with Gasteiger partial charge in [0.2, 0.25) is 5.95 Å². The fourth-order valence-electron chi connectivity index (χ4n) is 4.02. The number of aliphatic hydroxyl groups excluding tert-OH is 1. The summed E-state index contributed by atoms with van der Waals surface area (Å²) in [6, 6.07) is 5.27. The summed E-state index contributed by atoms with van der Waals surface area (Å²) < 4.78 is 46.5. The highest BCUT2D eigenvalue weighted by atomic mass is 32.1. The molecule has 200 valence electrons. The summed E-state index contributed by atoms with van der Waals surface area (Å²) in [5, 5.41) is 12.7. The Morgan fingerprint density at radius 2 is 1.78 bits per heavy atom. The predicted octanol–water partition coefficient (Wildman–Crippen LogP) is 4.36. The second-order valence-corrected chi connectivity index (χ2v) is 10.1. The zero-order valence-corrected chi connectivity index (χ0v) is 21.7. The van der Waals surface area contributed by atoms with E-state index < -0.39 is 11.7 Å². The summed E-state index contributed by atoms with van der Waals surface area (Å²) in [6.07, 6.45) is -2.29. The zero-order chi connectivity index (χ0) is 26.4. The lowest BCUT2D eigenvalue weighted by molar-refractivity contribution is -0.137. The molecule has 12 heteroatoms. The van der Waals surface area contributed by atoms with Crippen LogP contribution in [0.2, 0.25) is 0 Å². The van der Waals surface area contributed by atoms with Crippen molar-refractivity contribution in [3.05, 3.63) is 46.6 Å². The third kappa shape index (κ3) is 7.60. The molecule has 0 aliphatic carbocycles. The van der Waals surface area contributed by atoms with Crippen molar-refractivity contribution in [1.29, 1.82) is 0 Å². The molecule has 0 spiro atoms. The number of alkyl halides is 3. The Labute approximate surface area is 218 Å². The van der Waals surface area contributed by atoms with Crippen LogP contribution in [-0.4, -0.2) is 82.3 Å². The van der Waals surface area contributed by atoms with Crippen LogP contribution in [0.15, 0.2) is 30.5 Å². The summed E-state index contributed by atoms with van der Waals surface area (Å²) in [7, 11) is 0. The standard InChI is InChI=1S/C25H31F3N6O2S/c1-17-18(2)37-23(30-17)22-4-5-29-24(32-22)31-20-14-19(25(26,27)28)15-21(16-20)36-13-3-6-33-7-9-34(10-8-33)11-12-35/h4-5,14-16,35H,3,6-13H2,1-2H3,(H,29,31,32). The number of thiazole rings is 1. The van der Waals surface area contributed by atoms with E-state index >= 15 is 0 Å². The Morgan fingerprint density at radius 1 is 1.05 bits per heavy atom. The molecular formula is C25H31F3N6O2S. The second-order valence-electron chi connectivity index (χ2n) is 8.90. The van der Waals surface area contributed by atoms with Crippen molar-refractivity contribution in [2.75, 3.05) is 57.8 Å². The number of β-amino-alcohol motifs (C(OH)–C–C–N with tert-alkyl or cyclic N) is 1. The maximum atomic E-state index is 13.6. The summed E-state index contributed by atoms with van der Waals surface area (Å²) in [5.74, 6) is 0.307. The van der Waals surface area contributed by atoms with Crippen LogP contribution in [0.5, 0.6) is 5.75 Å². The number of rotatable bonds is 10. The SMILES string of the molecule is Cc1nc(-c2ccnc(Nc3cc(OCCCN4CCN(CCO)CC4)cc(C(F)(F)F)c3)n2)sc1C. The Morgan fingerprint density at radius 3 is 2.43 bits per heavy atom. The largest absolute Gasteiger partial charge is 0.493 e. The van der Waals surface area contributed by atoms with Gasteiger partial charge in [-0.25, -0.2) is 15.0 Å². The van der Waals surface area contributed by atoms with Crippen LogP contribution in [-0.2, 0) is 6.18 Å². The highest BCUT2D eigenvalue weighted by molar-refractivity contribution is 7.15. The minimum absolute atomic E-state index is 0.132. The number of aliphatic hydroxyl groups is 1. The molecule has 0 amide bonds. The molecule has 0 saturated carbocycles. The second kappa shape index (κ2) is 12.2. The van der Waals surface area contributed by atoms with Gasteiger partial charge in [-0.1, -0.05) is 0 Å². The minimum Gasteiger partial charge on any atom is -0.493 e. The van der Waals surface area contributed by atoms with E-state index in [9.17, 15) is 13.2 Å². The molecule has 2 aromatic heterocycles. The fraction of sp³-hybridized carbons (Fsp3) is 0.480. The molecule has 1 aromatic carbocycles. The number of ether oxygens (including phenoxy) is 1. The Hall–Kier alpha value is -2.80. The number of anilines is 2. The van der Waals surface area contributed by atoms with Crippen LogP contribution in [0.3, 0.4) is 0 Å². The van der Waals surface area contributed by atoms with Crippen LogP contribution in [0.1, 0.15) is 22.6 Å². The molecule has 4 rings (SSSR count). The maximum Gasteiger partial charge on any atom is 0.416 e. The first-order chi connectivity index (χ1) is 17.7. The van der Waals surface area contributed by atoms with Crippen LogP contribution < -0.4 is 10.1 Å². The van der Waals surface area contributed by atoms with Gasteiger partial charge in [-0.2, -0.15) is 13.2 Å². The maximum absolute atomic E-state index is 13.6. The Bertz CT molecular complexity index is 1160. The quantitative estimate of drug-likeness (QED) is 0.370. The van der Waals surface area contributed by atoms with Crippen molar-refractivity contribution in [2.45, 2.75) is 26.4 Å². The monoisotopic (exact) mass is 536 g/mol. The summed E-state index contributed by atoms with van der Waals surface area (Å²) >= 11 is 1.50. The van der Waals surface area contributed by atoms with Crippen molar-refractivity contribution in [3.8, 4) is 16.5 Å². The highest BCUT2D eigenvalue weighted by Crippen LogP contribution is 2.35. The molecule has 2 N–H and O–H groups in total. The lowest BCUT2D eigenvalue weighted by atomic mass is 10.2. The van der Waals surface area contributed by atoms with E-state index in [1.165, 1.54) is 17.4 Å². The van der Waals surface area contributed by atoms with Crippen molar-refractivity contribution < 1.29 is 23.0 Å². The lowest BCUT2D eigenvalue weighted by Crippen LogP contribution is -2.47. The predicted molar refractivity (Wildman–Crippen MR) is 137 cm³/mol. The van der Waals surface area contributed by atoms with E-state index in [-0.39, 0.29) is 24.0 Å². The lowest BCUT2D eigenvalue weighted by Gasteiger charge is -2.34. The molecule has 8 nitrogen and oxygen atoms in total. The van der Waals surface area contributed by atoms with Crippen LogP contribution in [0.25, 0.3) is 10.7 Å². The molecule has 1 fully saturated rings. The molecule has 37 heavy (non-hydrogen) atoms. The van der Waals surface area contributed by atoms with Gasteiger partial charge in [0.1, 0.15) is 16.5 Å². The van der Waals surface area contributed by atoms with E-state index in [1.54, 1.807) is 12.3 Å². The van der Waals surface area contributed by atoms with Gasteiger partial charge >= 0.3 is 6.18 Å². The highest BCUT2D eigenvalue weighted by Gasteiger charge is 2.31. The molecule has 0 unspecified atom stereocenters. The van der Waals surface area contributed by atoms with Gasteiger partial charge in [-0.05, 0) is 38.5 Å². The Balaban J connectivity index is 1.39. The first-order valence-electron chi connectivity index (χ1n) is 12.2. The van der Waals surface area contributed by atoms with Gasteiger partial charge in [0, 0.05) is 62.1 Å². The first kappa shape index (κ1) is 27.2. The fourth-order valence-corrected chi connectivity index (χ4v) is 4.91. The van der Waals surface area contributed by atoms with Crippen molar-refractivity contribution in [1.82, 2.24) is 24.8 Å². The van der Waals surface area contributed by atoms with E-state index in [1.807, 2.05) is 13.8 Å². The molecule has 3 heterocycles. The van der Waals surface area contributed by atoms with Gasteiger partial charge in [-0.3, -0.25) is 4.90 Å². The van der Waals surface area contributed by atoms with Gasteiger partial charge in [0.15, 0.2) is 0 Å². The van der Waals surface area contributed by atoms with E-state index in [0.29, 0.717) is 25.3 Å². The van der Waals surface area contributed by atoms with Gasteiger partial charge in [0.05, 0.1) is 24.5 Å². The molecule has 1 saturated heterocycles. The summed E-state index contributed by atoms with van der Waals surface area (Å²) in [6.45, 7) is 9.42. The normalized spacial score (nSPS) is 15.2. The molecule has 1 aliphatic rings. The first-order valence-corrected chi connectivity index (χ1v) is 13.0. The molecule has 0 atom stereocenters. The van der Waals surface area contributed by atoms with E-state index in [2.05, 4.69) is 30.1 Å². The number of piperazine rings is 1. The van der Waals surface area contributed by atoms with Crippen LogP contribution in [0, 0.1) is 13.8 Å². The van der Waals surface area contributed by atoms with Crippen molar-refractivity contribution in [3.63, 3.8) is 0 Å². The molecular weight excluding hydrogens is 505 g/mol. The molecule has 3 aromatic rings. The zero-order valence-electron chi connectivity index (χ0n) is 20.9. The van der Waals surface area contributed by atoms with Crippen LogP contribution in [0.4, 0.5) is 24.8 Å². The van der Waals surface area contributed by atoms with Gasteiger partial charge < -0.3 is 20.1 Å². The number of nitrogens with zero attached hydrogens (tertiary/aromatic N) is 5. The number of hydrogen-bond donors (Lipinski definition) is 2. The smallest absolute Gasteiger partial charge is 0.416 e. The number of nitrogens with one attached hydrogen (secondary N) is 1. The topological polar surface area (TPSA) is 86.6 Å². The van der Waals surface area contributed by atoms with E-state index in [4.69, 9.17) is 9.84 Å². The third-order valence-corrected chi connectivity index (χ3v) is 7.26. The van der Waals surface area contributed by atoms with Crippen LogP contribution >= 0.6 is 11.3 Å². The number of benzene rings is 1. The number of halogens is 3. The van der Waals surface area contributed by atoms with Gasteiger partial charge in [-0.15, -0.1) is 11.3 Å². The molecule has 1 aliphatic heterocycles. The molecule has 0 radical (unpaired) electrons. The van der Waals surface area contributed by atoms with Gasteiger partial charge in [0.25, 0.3) is 0 Å². The van der Waals surface area contributed by atoms with Crippen molar-refractivity contribution >= 4 is 23.0 Å².